The Hall–Kier alpha value is -1.97. The fourth-order valence-corrected chi connectivity index (χ4v) is 1.83. The molecule has 0 aliphatic carbocycles. The lowest BCUT2D eigenvalue weighted by Crippen LogP contribution is -2.38. The first kappa shape index (κ1) is 10.5. The molecule has 1 aromatic carbocycles. The standard InChI is InChI=1S/C12H14N4/c1-9-12(14-8-13-2)16(3)11-7-5-4-6-10(11)15-9/h4-8,12H,2H2,1,3H3. The van der Waals surface area contributed by atoms with E-state index in [0.717, 1.165) is 17.1 Å². The maximum atomic E-state index is 4.53. The molecule has 1 heterocycles. The van der Waals surface area contributed by atoms with Crippen LogP contribution in [0.3, 0.4) is 0 Å². The van der Waals surface area contributed by atoms with Crippen LogP contribution in [-0.2, 0) is 0 Å². The number of hydrogen-bond acceptors (Lipinski definition) is 3. The predicted octanol–water partition coefficient (Wildman–Crippen LogP) is 2.28. The van der Waals surface area contributed by atoms with Crippen LogP contribution in [0.1, 0.15) is 6.92 Å². The van der Waals surface area contributed by atoms with Crippen LogP contribution in [-0.4, -0.2) is 32.0 Å². The average Bonchev–Trinajstić information content (AvgIpc) is 2.29. The molecule has 4 nitrogen and oxygen atoms in total. The molecule has 0 fully saturated rings. The quantitative estimate of drug-likeness (QED) is 0.550. The zero-order valence-corrected chi connectivity index (χ0v) is 9.46. The third-order valence-corrected chi connectivity index (χ3v) is 2.59. The summed E-state index contributed by atoms with van der Waals surface area (Å²) in [5.41, 5.74) is 3.03. The normalized spacial score (nSPS) is 19.5. The molecule has 0 spiro atoms. The highest BCUT2D eigenvalue weighted by Gasteiger charge is 2.23. The van der Waals surface area contributed by atoms with Gasteiger partial charge in [-0.3, -0.25) is 9.98 Å². The number of nitrogens with zero attached hydrogens (tertiary/aromatic N) is 4. The van der Waals surface area contributed by atoms with E-state index in [-0.39, 0.29) is 6.17 Å². The molecule has 1 atom stereocenters. The summed E-state index contributed by atoms with van der Waals surface area (Å²) in [5, 5.41) is 0. The van der Waals surface area contributed by atoms with E-state index in [1.54, 1.807) is 0 Å². The Morgan fingerprint density at radius 3 is 2.94 bits per heavy atom. The van der Waals surface area contributed by atoms with Gasteiger partial charge in [-0.2, -0.15) is 0 Å². The Bertz CT molecular complexity index is 462. The SMILES string of the molecule is C=NC=NC1C(C)=Nc2ccccc2N1C. The van der Waals surface area contributed by atoms with Crippen LogP contribution in [0.15, 0.2) is 39.2 Å². The molecule has 16 heavy (non-hydrogen) atoms. The van der Waals surface area contributed by atoms with E-state index in [0.29, 0.717) is 0 Å². The van der Waals surface area contributed by atoms with Gasteiger partial charge >= 0.3 is 0 Å². The molecule has 2 rings (SSSR count). The van der Waals surface area contributed by atoms with Gasteiger partial charge < -0.3 is 4.90 Å². The number of aliphatic imine (C=N–C) groups is 3. The Balaban J connectivity index is 2.42. The molecular weight excluding hydrogens is 200 g/mol. The lowest BCUT2D eigenvalue weighted by molar-refractivity contribution is 0.813. The van der Waals surface area contributed by atoms with Gasteiger partial charge in [0, 0.05) is 7.05 Å². The smallest absolute Gasteiger partial charge is 0.161 e. The van der Waals surface area contributed by atoms with Crippen molar-refractivity contribution in [2.24, 2.45) is 15.0 Å². The van der Waals surface area contributed by atoms with Gasteiger partial charge in [0.05, 0.1) is 17.1 Å². The second-order valence-electron chi connectivity index (χ2n) is 3.67. The number of hydrogen-bond donors (Lipinski definition) is 0. The van der Waals surface area contributed by atoms with E-state index in [4.69, 9.17) is 0 Å². The molecule has 4 heteroatoms. The highest BCUT2D eigenvalue weighted by Crippen LogP contribution is 2.33. The summed E-state index contributed by atoms with van der Waals surface area (Å²) in [6.45, 7) is 5.35. The van der Waals surface area contributed by atoms with Gasteiger partial charge in [-0.15, -0.1) is 0 Å². The van der Waals surface area contributed by atoms with Crippen molar-refractivity contribution in [3.63, 3.8) is 0 Å². The van der Waals surface area contributed by atoms with E-state index in [2.05, 4.69) is 26.6 Å². The molecule has 1 aromatic rings. The molecule has 1 unspecified atom stereocenters. The van der Waals surface area contributed by atoms with Crippen LogP contribution >= 0.6 is 0 Å². The topological polar surface area (TPSA) is 40.3 Å². The van der Waals surface area contributed by atoms with Gasteiger partial charge in [-0.25, -0.2) is 4.99 Å². The lowest BCUT2D eigenvalue weighted by atomic mass is 10.1. The summed E-state index contributed by atoms with van der Waals surface area (Å²) in [6, 6.07) is 8.02. The maximum absolute atomic E-state index is 4.53. The van der Waals surface area contributed by atoms with Crippen LogP contribution < -0.4 is 4.90 Å². The number of fused-ring (bicyclic) bond motifs is 1. The van der Waals surface area contributed by atoms with E-state index in [1.165, 1.54) is 6.34 Å². The average molecular weight is 214 g/mol. The minimum atomic E-state index is -0.0830. The van der Waals surface area contributed by atoms with Crippen molar-refractivity contribution >= 4 is 30.1 Å². The third-order valence-electron chi connectivity index (χ3n) is 2.59. The predicted molar refractivity (Wildman–Crippen MR) is 69.4 cm³/mol. The Kier molecular flexibility index (Phi) is 2.81. The largest absolute Gasteiger partial charge is 0.346 e. The second-order valence-corrected chi connectivity index (χ2v) is 3.67. The second kappa shape index (κ2) is 4.26. The Labute approximate surface area is 95.1 Å². The van der Waals surface area contributed by atoms with E-state index < -0.39 is 0 Å². The number of rotatable bonds is 2. The van der Waals surface area contributed by atoms with E-state index >= 15 is 0 Å². The minimum Gasteiger partial charge on any atom is -0.346 e. The summed E-state index contributed by atoms with van der Waals surface area (Å²) >= 11 is 0. The fraction of sp³-hybridized carbons (Fsp3) is 0.250. The summed E-state index contributed by atoms with van der Waals surface area (Å²) in [7, 11) is 2.00. The van der Waals surface area contributed by atoms with Crippen molar-refractivity contribution in [1.29, 1.82) is 0 Å². The van der Waals surface area contributed by atoms with Crippen molar-refractivity contribution < 1.29 is 0 Å². The Morgan fingerprint density at radius 2 is 2.19 bits per heavy atom. The van der Waals surface area contributed by atoms with Crippen LogP contribution in [0.5, 0.6) is 0 Å². The molecule has 0 radical (unpaired) electrons. The first-order valence-electron chi connectivity index (χ1n) is 5.08. The summed E-state index contributed by atoms with van der Waals surface area (Å²) in [4.78, 5) is 14.5. The van der Waals surface area contributed by atoms with Crippen LogP contribution in [0.2, 0.25) is 0 Å². The fourth-order valence-electron chi connectivity index (χ4n) is 1.83. The molecule has 1 aliphatic heterocycles. The van der Waals surface area contributed by atoms with Gasteiger partial charge in [0.2, 0.25) is 0 Å². The zero-order chi connectivity index (χ0) is 11.5. The number of para-hydroxylation sites is 2. The van der Waals surface area contributed by atoms with Gasteiger partial charge in [0.1, 0.15) is 6.34 Å². The molecule has 0 bridgehead atoms. The molecular formula is C12H14N4. The molecule has 0 N–H and O–H groups in total. The van der Waals surface area contributed by atoms with Gasteiger partial charge in [-0.1, -0.05) is 12.1 Å². The third kappa shape index (κ3) is 1.74. The van der Waals surface area contributed by atoms with Crippen LogP contribution in [0.4, 0.5) is 11.4 Å². The number of anilines is 1. The molecule has 1 aliphatic rings. The van der Waals surface area contributed by atoms with E-state index in [9.17, 15) is 0 Å². The Morgan fingerprint density at radius 1 is 1.44 bits per heavy atom. The van der Waals surface area contributed by atoms with Crippen LogP contribution in [0.25, 0.3) is 0 Å². The molecule has 0 amide bonds. The lowest BCUT2D eigenvalue weighted by Gasteiger charge is -2.31. The van der Waals surface area contributed by atoms with Crippen molar-refractivity contribution in [2.75, 3.05) is 11.9 Å². The summed E-state index contributed by atoms with van der Waals surface area (Å²) in [6.07, 6.45) is 1.38. The maximum Gasteiger partial charge on any atom is 0.161 e. The highest BCUT2D eigenvalue weighted by molar-refractivity contribution is 5.97. The van der Waals surface area contributed by atoms with Crippen molar-refractivity contribution in [2.45, 2.75) is 13.1 Å². The first-order valence-corrected chi connectivity index (χ1v) is 5.08. The van der Waals surface area contributed by atoms with Crippen molar-refractivity contribution in [3.05, 3.63) is 24.3 Å². The molecule has 0 saturated heterocycles. The van der Waals surface area contributed by atoms with Gasteiger partial charge in [0.15, 0.2) is 6.17 Å². The molecule has 82 valence electrons. The molecule has 0 aromatic heterocycles. The van der Waals surface area contributed by atoms with E-state index in [1.807, 2.05) is 38.2 Å². The minimum absolute atomic E-state index is 0.0830. The molecule has 0 saturated carbocycles. The zero-order valence-electron chi connectivity index (χ0n) is 9.46. The number of benzene rings is 1. The highest BCUT2D eigenvalue weighted by atomic mass is 15.3. The summed E-state index contributed by atoms with van der Waals surface area (Å²) < 4.78 is 0. The van der Waals surface area contributed by atoms with Crippen molar-refractivity contribution in [1.82, 2.24) is 0 Å². The monoisotopic (exact) mass is 214 g/mol. The van der Waals surface area contributed by atoms with Gasteiger partial charge in [-0.05, 0) is 25.8 Å². The van der Waals surface area contributed by atoms with Crippen molar-refractivity contribution in [3.8, 4) is 0 Å². The van der Waals surface area contributed by atoms with Crippen LogP contribution in [0, 0.1) is 0 Å². The van der Waals surface area contributed by atoms with Gasteiger partial charge in [0.25, 0.3) is 0 Å². The first-order chi connectivity index (χ1) is 7.74. The summed E-state index contributed by atoms with van der Waals surface area (Å²) in [5.74, 6) is 0.